The van der Waals surface area contributed by atoms with Crippen molar-refractivity contribution < 1.29 is 9.90 Å². The lowest BCUT2D eigenvalue weighted by atomic mass is 10.00. The van der Waals surface area contributed by atoms with Gasteiger partial charge in [0, 0.05) is 18.6 Å². The maximum absolute atomic E-state index is 11.5. The fourth-order valence-electron chi connectivity index (χ4n) is 2.10. The molecule has 17 heavy (non-hydrogen) atoms. The third-order valence-electron chi connectivity index (χ3n) is 3.71. The van der Waals surface area contributed by atoms with E-state index >= 15 is 0 Å². The van der Waals surface area contributed by atoms with Crippen molar-refractivity contribution in [3.05, 3.63) is 0 Å². The van der Waals surface area contributed by atoms with Crippen LogP contribution in [-0.4, -0.2) is 46.7 Å². The molecule has 0 amide bonds. The number of likely N-dealkylation sites (N-methyl/N-ethyl adjacent to an activating group) is 1. The molecule has 0 saturated heterocycles. The van der Waals surface area contributed by atoms with E-state index in [0.29, 0.717) is 18.6 Å². The van der Waals surface area contributed by atoms with E-state index in [0.717, 1.165) is 25.8 Å². The second-order valence-electron chi connectivity index (χ2n) is 5.38. The van der Waals surface area contributed by atoms with Crippen LogP contribution < -0.4 is 5.32 Å². The molecule has 4 nitrogen and oxygen atoms in total. The first kappa shape index (κ1) is 14.5. The molecule has 0 bridgehead atoms. The molecule has 2 unspecified atom stereocenters. The number of carboxylic acid groups (broad SMARTS) is 1. The molecule has 1 fully saturated rings. The minimum absolute atomic E-state index is 0.409. The Bertz CT molecular complexity index is 266. The number of carboxylic acids is 1. The zero-order valence-corrected chi connectivity index (χ0v) is 11.5. The van der Waals surface area contributed by atoms with Gasteiger partial charge in [-0.3, -0.25) is 15.0 Å². The van der Waals surface area contributed by atoms with Gasteiger partial charge in [0.2, 0.25) is 0 Å². The van der Waals surface area contributed by atoms with Crippen LogP contribution in [0.4, 0.5) is 0 Å². The third kappa shape index (κ3) is 3.96. The van der Waals surface area contributed by atoms with Crippen LogP contribution in [-0.2, 0) is 4.79 Å². The van der Waals surface area contributed by atoms with Gasteiger partial charge in [0.1, 0.15) is 5.54 Å². The molecule has 1 saturated carbocycles. The topological polar surface area (TPSA) is 52.6 Å². The molecule has 0 aliphatic heterocycles. The van der Waals surface area contributed by atoms with Gasteiger partial charge in [0.05, 0.1) is 0 Å². The summed E-state index contributed by atoms with van der Waals surface area (Å²) in [7, 11) is 0. The highest BCUT2D eigenvalue weighted by Gasteiger charge is 2.40. The van der Waals surface area contributed by atoms with Gasteiger partial charge >= 0.3 is 5.97 Å². The van der Waals surface area contributed by atoms with Crippen molar-refractivity contribution in [2.45, 2.75) is 64.6 Å². The molecular weight excluding hydrogens is 216 g/mol. The molecule has 0 aromatic rings. The van der Waals surface area contributed by atoms with Gasteiger partial charge in [-0.15, -0.1) is 0 Å². The first-order valence-electron chi connectivity index (χ1n) is 6.68. The summed E-state index contributed by atoms with van der Waals surface area (Å²) in [6, 6.07) is 0.839. The van der Waals surface area contributed by atoms with E-state index < -0.39 is 11.5 Å². The number of carbonyl (C=O) groups is 1. The lowest BCUT2D eigenvalue weighted by Gasteiger charge is -2.36. The molecule has 100 valence electrons. The average Bonchev–Trinajstić information content (AvgIpc) is 3.08. The van der Waals surface area contributed by atoms with Crippen molar-refractivity contribution in [1.29, 1.82) is 0 Å². The predicted octanol–water partition coefficient (Wildman–Crippen LogP) is 1.70. The minimum atomic E-state index is -0.819. The van der Waals surface area contributed by atoms with Gasteiger partial charge in [-0.25, -0.2) is 0 Å². The van der Waals surface area contributed by atoms with Crippen molar-refractivity contribution in [2.24, 2.45) is 0 Å². The lowest BCUT2D eigenvalue weighted by Crippen LogP contribution is -2.58. The van der Waals surface area contributed by atoms with E-state index in [2.05, 4.69) is 31.0 Å². The van der Waals surface area contributed by atoms with E-state index in [1.54, 1.807) is 6.92 Å². The van der Waals surface area contributed by atoms with Crippen LogP contribution in [0.15, 0.2) is 0 Å². The maximum Gasteiger partial charge on any atom is 0.324 e. The first-order valence-corrected chi connectivity index (χ1v) is 6.68. The summed E-state index contributed by atoms with van der Waals surface area (Å²) in [5, 5.41) is 12.7. The zero-order valence-electron chi connectivity index (χ0n) is 11.5. The standard InChI is InChI=1S/C13H26N2O2/c1-5-10(3)15(6-2)9-13(4,12(16)17)14-11-7-8-11/h10-11,14H,5-9H2,1-4H3,(H,16,17). The lowest BCUT2D eigenvalue weighted by molar-refractivity contribution is -0.145. The summed E-state index contributed by atoms with van der Waals surface area (Å²) in [6.45, 7) is 9.65. The monoisotopic (exact) mass is 242 g/mol. The Hall–Kier alpha value is -0.610. The Labute approximate surface area is 104 Å². The molecule has 2 atom stereocenters. The average molecular weight is 242 g/mol. The molecule has 4 heteroatoms. The van der Waals surface area contributed by atoms with Gasteiger partial charge in [0.15, 0.2) is 0 Å². The highest BCUT2D eigenvalue weighted by atomic mass is 16.4. The summed E-state index contributed by atoms with van der Waals surface area (Å²) in [4.78, 5) is 13.7. The van der Waals surface area contributed by atoms with Crippen LogP contribution in [0, 0.1) is 0 Å². The molecule has 2 N–H and O–H groups in total. The van der Waals surface area contributed by atoms with Crippen molar-refractivity contribution >= 4 is 5.97 Å². The number of hydrogen-bond acceptors (Lipinski definition) is 3. The van der Waals surface area contributed by atoms with E-state index in [1.165, 1.54) is 0 Å². The van der Waals surface area contributed by atoms with E-state index in [1.807, 2.05) is 0 Å². The Morgan fingerprint density at radius 2 is 2.12 bits per heavy atom. The molecule has 1 aliphatic carbocycles. The SMILES string of the molecule is CCC(C)N(CC)CC(C)(NC1CC1)C(=O)O. The molecule has 0 aromatic heterocycles. The maximum atomic E-state index is 11.5. The van der Waals surface area contributed by atoms with Crippen molar-refractivity contribution in [3.8, 4) is 0 Å². The Morgan fingerprint density at radius 3 is 2.47 bits per heavy atom. The Kier molecular flexibility index (Phi) is 4.95. The summed E-state index contributed by atoms with van der Waals surface area (Å²) in [5.74, 6) is -0.744. The third-order valence-corrected chi connectivity index (χ3v) is 3.71. The number of aliphatic carboxylic acids is 1. The smallest absolute Gasteiger partial charge is 0.324 e. The second-order valence-corrected chi connectivity index (χ2v) is 5.38. The van der Waals surface area contributed by atoms with Crippen molar-refractivity contribution in [1.82, 2.24) is 10.2 Å². The number of rotatable bonds is 8. The van der Waals surface area contributed by atoms with Crippen LogP contribution >= 0.6 is 0 Å². The van der Waals surface area contributed by atoms with Crippen molar-refractivity contribution in [2.75, 3.05) is 13.1 Å². The van der Waals surface area contributed by atoms with Crippen LogP contribution in [0.5, 0.6) is 0 Å². The molecule has 0 heterocycles. The van der Waals surface area contributed by atoms with E-state index in [-0.39, 0.29) is 0 Å². The zero-order chi connectivity index (χ0) is 13.1. The highest BCUT2D eigenvalue weighted by Crippen LogP contribution is 2.23. The summed E-state index contributed by atoms with van der Waals surface area (Å²) < 4.78 is 0. The Morgan fingerprint density at radius 1 is 1.53 bits per heavy atom. The number of nitrogens with zero attached hydrogens (tertiary/aromatic N) is 1. The van der Waals surface area contributed by atoms with Gasteiger partial charge in [0.25, 0.3) is 0 Å². The quantitative estimate of drug-likeness (QED) is 0.680. The molecule has 1 aliphatic rings. The fourth-order valence-corrected chi connectivity index (χ4v) is 2.10. The van der Waals surface area contributed by atoms with Gasteiger partial charge < -0.3 is 5.11 Å². The molecule has 0 spiro atoms. The molecule has 1 rings (SSSR count). The van der Waals surface area contributed by atoms with Gasteiger partial charge in [-0.2, -0.15) is 0 Å². The van der Waals surface area contributed by atoms with Gasteiger partial charge in [-0.1, -0.05) is 13.8 Å². The Balaban J connectivity index is 2.65. The predicted molar refractivity (Wildman–Crippen MR) is 69.2 cm³/mol. The molecule has 0 aromatic carbocycles. The van der Waals surface area contributed by atoms with E-state index in [4.69, 9.17) is 0 Å². The second kappa shape index (κ2) is 5.83. The number of hydrogen-bond donors (Lipinski definition) is 2. The van der Waals surface area contributed by atoms with Crippen LogP contribution in [0.2, 0.25) is 0 Å². The van der Waals surface area contributed by atoms with Crippen molar-refractivity contribution in [3.63, 3.8) is 0 Å². The van der Waals surface area contributed by atoms with Gasteiger partial charge in [-0.05, 0) is 39.7 Å². The first-order chi connectivity index (χ1) is 7.92. The molecule has 0 radical (unpaired) electrons. The largest absolute Gasteiger partial charge is 0.480 e. The van der Waals surface area contributed by atoms with E-state index in [9.17, 15) is 9.90 Å². The van der Waals surface area contributed by atoms with Crippen LogP contribution in [0.25, 0.3) is 0 Å². The summed E-state index contributed by atoms with van der Waals surface area (Å²) in [5.41, 5.74) is -0.819. The summed E-state index contributed by atoms with van der Waals surface area (Å²) >= 11 is 0. The highest BCUT2D eigenvalue weighted by molar-refractivity contribution is 5.78. The minimum Gasteiger partial charge on any atom is -0.480 e. The number of nitrogens with one attached hydrogen (secondary N) is 1. The molecular formula is C13H26N2O2. The van der Waals surface area contributed by atoms with Crippen LogP contribution in [0.3, 0.4) is 0 Å². The normalized spacial score (nSPS) is 21.2. The fraction of sp³-hybridized carbons (Fsp3) is 0.923. The van der Waals surface area contributed by atoms with Crippen LogP contribution in [0.1, 0.15) is 47.0 Å². The summed E-state index contributed by atoms with van der Waals surface area (Å²) in [6.07, 6.45) is 3.27.